The number of rotatable bonds is 4. The van der Waals surface area contributed by atoms with Gasteiger partial charge >= 0.3 is 0 Å². The number of carbonyl (C=O) groups is 1. The average molecular weight is 234 g/mol. The molecule has 1 aromatic heterocycles. The first-order valence-electron chi connectivity index (χ1n) is 5.12. The molecule has 0 spiro atoms. The first-order chi connectivity index (χ1) is 8.04. The van der Waals surface area contributed by atoms with Gasteiger partial charge in [-0.15, -0.1) is 0 Å². The number of nitrogens with two attached hydrogens (primary N) is 1. The zero-order valence-electron chi connectivity index (χ0n) is 9.42. The molecule has 4 N–H and O–H groups in total. The Morgan fingerprint density at radius 2 is 2.41 bits per heavy atom. The monoisotopic (exact) mass is 234 g/mol. The number of aliphatic hydroxyl groups excluding tert-OH is 1. The van der Waals surface area contributed by atoms with Crippen molar-refractivity contribution in [3.8, 4) is 6.07 Å². The molecule has 0 radical (unpaired) electrons. The number of aromatic nitrogens is 1. The average Bonchev–Trinajstić information content (AvgIpc) is 2.35. The smallest absolute Gasteiger partial charge is 0.269 e. The Kier molecular flexibility index (Phi) is 4.57. The van der Waals surface area contributed by atoms with Crippen molar-refractivity contribution in [3.05, 3.63) is 29.6 Å². The summed E-state index contributed by atoms with van der Waals surface area (Å²) in [4.78, 5) is 15.4. The molecule has 1 aromatic rings. The lowest BCUT2D eigenvalue weighted by Crippen LogP contribution is -2.43. The van der Waals surface area contributed by atoms with Crippen LogP contribution in [0.3, 0.4) is 0 Å². The first-order valence-corrected chi connectivity index (χ1v) is 5.12. The van der Waals surface area contributed by atoms with Gasteiger partial charge in [0.2, 0.25) is 0 Å². The maximum absolute atomic E-state index is 11.6. The Hall–Kier alpha value is -1.97. The number of nitriles is 1. The Morgan fingerprint density at radius 1 is 1.71 bits per heavy atom. The van der Waals surface area contributed by atoms with E-state index >= 15 is 0 Å². The van der Waals surface area contributed by atoms with Gasteiger partial charge < -0.3 is 16.2 Å². The predicted octanol–water partition coefficient (Wildman–Crippen LogP) is -0.609. The van der Waals surface area contributed by atoms with E-state index in [1.54, 1.807) is 6.92 Å². The van der Waals surface area contributed by atoms with Crippen LogP contribution in [0.4, 0.5) is 0 Å². The third-order valence-corrected chi connectivity index (χ3v) is 2.24. The number of aliphatic hydroxyl groups is 1. The fourth-order valence-corrected chi connectivity index (χ4v) is 1.07. The van der Waals surface area contributed by atoms with E-state index in [2.05, 4.69) is 10.3 Å². The van der Waals surface area contributed by atoms with E-state index in [1.807, 2.05) is 6.07 Å². The van der Waals surface area contributed by atoms with Crippen LogP contribution in [0.1, 0.15) is 23.0 Å². The Balaban J connectivity index is 2.56. The van der Waals surface area contributed by atoms with Gasteiger partial charge in [0.25, 0.3) is 5.91 Å². The molecule has 1 amide bonds. The zero-order valence-corrected chi connectivity index (χ0v) is 9.42. The van der Waals surface area contributed by atoms with Gasteiger partial charge in [0.1, 0.15) is 11.8 Å². The molecule has 0 aromatic carbocycles. The molecule has 6 nitrogen and oxygen atoms in total. The van der Waals surface area contributed by atoms with Crippen molar-refractivity contribution in [2.45, 2.75) is 19.1 Å². The molecule has 0 saturated carbocycles. The number of amides is 1. The molecule has 1 rings (SSSR count). The van der Waals surface area contributed by atoms with E-state index in [4.69, 9.17) is 16.1 Å². The quantitative estimate of drug-likeness (QED) is 0.643. The lowest BCUT2D eigenvalue weighted by molar-refractivity contribution is 0.0932. The van der Waals surface area contributed by atoms with Crippen molar-refractivity contribution >= 4 is 5.91 Å². The number of hydrogen-bond donors (Lipinski definition) is 3. The maximum Gasteiger partial charge on any atom is 0.269 e. The van der Waals surface area contributed by atoms with Crippen LogP contribution in [-0.4, -0.2) is 34.7 Å². The second-order valence-corrected chi connectivity index (χ2v) is 3.66. The van der Waals surface area contributed by atoms with Gasteiger partial charge in [-0.3, -0.25) is 4.79 Å². The molecule has 1 heterocycles. The molecule has 2 atom stereocenters. The molecule has 2 unspecified atom stereocenters. The summed E-state index contributed by atoms with van der Waals surface area (Å²) in [5.41, 5.74) is 6.16. The van der Waals surface area contributed by atoms with Crippen LogP contribution >= 0.6 is 0 Å². The Labute approximate surface area is 99.1 Å². The summed E-state index contributed by atoms with van der Waals surface area (Å²) >= 11 is 0. The summed E-state index contributed by atoms with van der Waals surface area (Å²) < 4.78 is 0. The SMILES string of the molecule is CC(O)C(N)CNC(=O)c1ccc(C#N)cn1. The summed E-state index contributed by atoms with van der Waals surface area (Å²) in [5, 5.41) is 20.3. The van der Waals surface area contributed by atoms with Gasteiger partial charge in [0.15, 0.2) is 0 Å². The van der Waals surface area contributed by atoms with E-state index in [9.17, 15) is 4.79 Å². The molecule has 0 aliphatic carbocycles. The molecule has 6 heteroatoms. The molecule has 90 valence electrons. The second kappa shape index (κ2) is 5.94. The highest BCUT2D eigenvalue weighted by molar-refractivity contribution is 5.92. The van der Waals surface area contributed by atoms with Crippen LogP contribution < -0.4 is 11.1 Å². The highest BCUT2D eigenvalue weighted by Gasteiger charge is 2.12. The Morgan fingerprint density at radius 3 is 2.88 bits per heavy atom. The van der Waals surface area contributed by atoms with Crippen LogP contribution in [0.2, 0.25) is 0 Å². The molecule has 17 heavy (non-hydrogen) atoms. The van der Waals surface area contributed by atoms with Crippen molar-refractivity contribution in [2.75, 3.05) is 6.54 Å². The molecular formula is C11H14N4O2. The van der Waals surface area contributed by atoms with Crippen LogP contribution in [0.15, 0.2) is 18.3 Å². The summed E-state index contributed by atoms with van der Waals surface area (Å²) in [5.74, 6) is -0.384. The fraction of sp³-hybridized carbons (Fsp3) is 0.364. The maximum atomic E-state index is 11.6. The molecule has 0 bridgehead atoms. The van der Waals surface area contributed by atoms with Gasteiger partial charge in [-0.2, -0.15) is 5.26 Å². The van der Waals surface area contributed by atoms with Crippen molar-refractivity contribution in [1.82, 2.24) is 10.3 Å². The van der Waals surface area contributed by atoms with Gasteiger partial charge in [0, 0.05) is 18.8 Å². The molecule has 0 fully saturated rings. The number of carbonyl (C=O) groups excluding carboxylic acids is 1. The third kappa shape index (κ3) is 3.83. The van der Waals surface area contributed by atoms with Crippen LogP contribution in [0.25, 0.3) is 0 Å². The van der Waals surface area contributed by atoms with Crippen LogP contribution in [0, 0.1) is 11.3 Å². The van der Waals surface area contributed by atoms with E-state index in [1.165, 1.54) is 18.3 Å². The minimum absolute atomic E-state index is 0.165. The summed E-state index contributed by atoms with van der Waals surface area (Å²) in [6, 6.07) is 4.37. The fourth-order valence-electron chi connectivity index (χ4n) is 1.07. The topological polar surface area (TPSA) is 112 Å². The zero-order chi connectivity index (χ0) is 12.8. The van der Waals surface area contributed by atoms with Crippen molar-refractivity contribution < 1.29 is 9.90 Å². The number of pyridine rings is 1. The Bertz CT molecular complexity index is 422. The summed E-state index contributed by atoms with van der Waals surface area (Å²) in [6.07, 6.45) is 0.632. The van der Waals surface area contributed by atoms with Crippen molar-refractivity contribution in [1.29, 1.82) is 5.26 Å². The van der Waals surface area contributed by atoms with Crippen LogP contribution in [-0.2, 0) is 0 Å². The van der Waals surface area contributed by atoms with Crippen molar-refractivity contribution in [2.24, 2.45) is 5.73 Å². The molecule has 0 aliphatic heterocycles. The minimum atomic E-state index is -0.691. The van der Waals surface area contributed by atoms with Crippen LogP contribution in [0.5, 0.6) is 0 Å². The van der Waals surface area contributed by atoms with Gasteiger partial charge in [-0.05, 0) is 19.1 Å². The van der Waals surface area contributed by atoms with E-state index in [0.29, 0.717) is 5.56 Å². The number of nitrogens with one attached hydrogen (secondary N) is 1. The van der Waals surface area contributed by atoms with Gasteiger partial charge in [0.05, 0.1) is 11.7 Å². The standard InChI is InChI=1S/C11H14N4O2/c1-7(16)9(13)6-15-11(17)10-3-2-8(4-12)5-14-10/h2-3,5,7,9,16H,6,13H2,1H3,(H,15,17). The predicted molar refractivity (Wildman–Crippen MR) is 60.9 cm³/mol. The second-order valence-electron chi connectivity index (χ2n) is 3.66. The summed E-state index contributed by atoms with van der Waals surface area (Å²) in [6.45, 7) is 1.72. The first kappa shape index (κ1) is 13.1. The minimum Gasteiger partial charge on any atom is -0.392 e. The van der Waals surface area contributed by atoms with E-state index in [0.717, 1.165) is 0 Å². The van der Waals surface area contributed by atoms with E-state index < -0.39 is 12.1 Å². The lowest BCUT2D eigenvalue weighted by atomic mass is 10.2. The highest BCUT2D eigenvalue weighted by Crippen LogP contribution is 1.98. The summed E-state index contributed by atoms with van der Waals surface area (Å²) in [7, 11) is 0. The van der Waals surface area contributed by atoms with Crippen molar-refractivity contribution in [3.63, 3.8) is 0 Å². The normalized spacial score (nSPS) is 13.5. The third-order valence-electron chi connectivity index (χ3n) is 2.24. The molecule has 0 aliphatic rings. The number of nitrogens with zero attached hydrogens (tertiary/aromatic N) is 2. The highest BCUT2D eigenvalue weighted by atomic mass is 16.3. The van der Waals surface area contributed by atoms with Gasteiger partial charge in [-0.1, -0.05) is 0 Å². The number of hydrogen-bond acceptors (Lipinski definition) is 5. The largest absolute Gasteiger partial charge is 0.392 e. The lowest BCUT2D eigenvalue weighted by Gasteiger charge is -2.14. The van der Waals surface area contributed by atoms with E-state index in [-0.39, 0.29) is 18.1 Å². The molecular weight excluding hydrogens is 220 g/mol. The molecule has 0 saturated heterocycles. The van der Waals surface area contributed by atoms with Gasteiger partial charge in [-0.25, -0.2) is 4.98 Å².